The van der Waals surface area contributed by atoms with Crippen molar-refractivity contribution in [3.8, 4) is 5.75 Å². The zero-order valence-corrected chi connectivity index (χ0v) is 16.3. The van der Waals surface area contributed by atoms with Gasteiger partial charge in [0.25, 0.3) is 0 Å². The van der Waals surface area contributed by atoms with Crippen LogP contribution < -0.4 is 4.74 Å². The molecule has 0 unspecified atom stereocenters. The molecule has 144 valence electrons. The van der Waals surface area contributed by atoms with Gasteiger partial charge < -0.3 is 19.1 Å². The lowest BCUT2D eigenvalue weighted by molar-refractivity contribution is -0.131. The first-order valence-electron chi connectivity index (χ1n) is 9.65. The van der Waals surface area contributed by atoms with Crippen LogP contribution in [-0.4, -0.2) is 57.4 Å². The number of benzene rings is 1. The minimum Gasteiger partial charge on any atom is -0.494 e. The zero-order valence-electron chi connectivity index (χ0n) is 16.3. The van der Waals surface area contributed by atoms with Crippen molar-refractivity contribution in [2.75, 3.05) is 46.6 Å². The Bertz CT molecular complexity index is 632. The summed E-state index contributed by atoms with van der Waals surface area (Å²) in [5, 5.41) is 0. The molecule has 2 saturated heterocycles. The standard InChI is InChI=1S/C21H31NO4/c1-4-26-19-9-8-17(10-16(19)2)6-5-7-20(23)22-11-18-12-25-15-21(18,13-22)14-24-3/h8-10,18H,4-7,11-15H2,1-3H3/t18-,21-/m0/s1. The maximum atomic E-state index is 12.6. The molecule has 0 aliphatic carbocycles. The molecule has 0 saturated carbocycles. The molecule has 5 nitrogen and oxygen atoms in total. The second-order valence-corrected chi connectivity index (χ2v) is 7.67. The minimum atomic E-state index is 0.0105. The molecule has 3 rings (SSSR count). The van der Waals surface area contributed by atoms with Crippen molar-refractivity contribution in [1.29, 1.82) is 0 Å². The summed E-state index contributed by atoms with van der Waals surface area (Å²) in [6.45, 7) is 8.46. The lowest BCUT2D eigenvalue weighted by atomic mass is 9.82. The summed E-state index contributed by atoms with van der Waals surface area (Å²) in [4.78, 5) is 14.7. The van der Waals surface area contributed by atoms with Crippen LogP contribution in [0.3, 0.4) is 0 Å². The number of likely N-dealkylation sites (tertiary alicyclic amines) is 1. The van der Waals surface area contributed by atoms with E-state index in [1.165, 1.54) is 5.56 Å². The first kappa shape index (κ1) is 19.2. The maximum absolute atomic E-state index is 12.6. The number of carbonyl (C=O) groups is 1. The molecule has 2 atom stereocenters. The Hall–Kier alpha value is -1.59. The fraction of sp³-hybridized carbons (Fsp3) is 0.667. The number of methoxy groups -OCH3 is 1. The average Bonchev–Trinajstić information content (AvgIpc) is 3.14. The van der Waals surface area contributed by atoms with E-state index in [4.69, 9.17) is 14.2 Å². The zero-order chi connectivity index (χ0) is 18.6. The molecule has 0 bridgehead atoms. The molecular weight excluding hydrogens is 330 g/mol. The van der Waals surface area contributed by atoms with E-state index < -0.39 is 0 Å². The monoisotopic (exact) mass is 361 g/mol. The van der Waals surface area contributed by atoms with Crippen molar-refractivity contribution in [2.24, 2.45) is 11.3 Å². The Kier molecular flexibility index (Phi) is 6.20. The number of ether oxygens (including phenoxy) is 3. The first-order valence-corrected chi connectivity index (χ1v) is 9.65. The van der Waals surface area contributed by atoms with Gasteiger partial charge >= 0.3 is 0 Å². The van der Waals surface area contributed by atoms with Gasteiger partial charge in [-0.2, -0.15) is 0 Å². The highest BCUT2D eigenvalue weighted by atomic mass is 16.5. The van der Waals surface area contributed by atoms with Gasteiger partial charge in [0.05, 0.1) is 26.4 Å². The normalized spacial score (nSPS) is 24.7. The van der Waals surface area contributed by atoms with E-state index >= 15 is 0 Å². The summed E-state index contributed by atoms with van der Waals surface area (Å²) >= 11 is 0. The molecule has 2 heterocycles. The summed E-state index contributed by atoms with van der Waals surface area (Å²) < 4.78 is 16.6. The quantitative estimate of drug-likeness (QED) is 0.714. The number of nitrogens with zero attached hydrogens (tertiary/aromatic N) is 1. The van der Waals surface area contributed by atoms with E-state index in [9.17, 15) is 4.79 Å². The van der Waals surface area contributed by atoms with E-state index in [2.05, 4.69) is 19.1 Å². The molecule has 1 amide bonds. The fourth-order valence-electron chi connectivity index (χ4n) is 4.30. The highest BCUT2D eigenvalue weighted by Crippen LogP contribution is 2.41. The number of hydrogen-bond acceptors (Lipinski definition) is 4. The van der Waals surface area contributed by atoms with Gasteiger partial charge in [-0.25, -0.2) is 0 Å². The van der Waals surface area contributed by atoms with Gasteiger partial charge in [-0.1, -0.05) is 12.1 Å². The summed E-state index contributed by atoms with van der Waals surface area (Å²) in [6.07, 6.45) is 2.40. The maximum Gasteiger partial charge on any atom is 0.222 e. The molecule has 0 N–H and O–H groups in total. The van der Waals surface area contributed by atoms with Crippen LogP contribution in [0.5, 0.6) is 5.75 Å². The second-order valence-electron chi connectivity index (χ2n) is 7.67. The van der Waals surface area contributed by atoms with E-state index in [0.29, 0.717) is 32.2 Å². The SMILES string of the molecule is CCOc1ccc(CCCC(=O)N2C[C@H]3COC[C@@]3(COC)C2)cc1C. The van der Waals surface area contributed by atoms with E-state index in [1.54, 1.807) is 7.11 Å². The Balaban J connectivity index is 1.48. The van der Waals surface area contributed by atoms with Gasteiger partial charge in [-0.15, -0.1) is 0 Å². The third-order valence-electron chi connectivity index (χ3n) is 5.70. The van der Waals surface area contributed by atoms with E-state index in [-0.39, 0.29) is 11.3 Å². The molecule has 2 aliphatic rings. The van der Waals surface area contributed by atoms with Crippen molar-refractivity contribution in [3.63, 3.8) is 0 Å². The highest BCUT2D eigenvalue weighted by molar-refractivity contribution is 5.76. The van der Waals surface area contributed by atoms with Crippen LogP contribution in [0.4, 0.5) is 0 Å². The molecule has 5 heteroatoms. The number of amides is 1. The first-order chi connectivity index (χ1) is 12.6. The van der Waals surface area contributed by atoms with Crippen LogP contribution in [0.25, 0.3) is 0 Å². The van der Waals surface area contributed by atoms with Crippen molar-refractivity contribution < 1.29 is 19.0 Å². The third-order valence-corrected chi connectivity index (χ3v) is 5.70. The van der Waals surface area contributed by atoms with E-state index in [1.807, 2.05) is 17.9 Å². The molecule has 0 spiro atoms. The van der Waals surface area contributed by atoms with Crippen molar-refractivity contribution >= 4 is 5.91 Å². The largest absolute Gasteiger partial charge is 0.494 e. The number of carbonyl (C=O) groups excluding carboxylic acids is 1. The number of fused-ring (bicyclic) bond motifs is 1. The molecule has 0 radical (unpaired) electrons. The Labute approximate surface area is 156 Å². The van der Waals surface area contributed by atoms with Crippen LogP contribution in [0, 0.1) is 18.3 Å². The van der Waals surface area contributed by atoms with Gasteiger partial charge in [-0.3, -0.25) is 4.79 Å². The van der Waals surface area contributed by atoms with E-state index in [0.717, 1.165) is 43.9 Å². The highest BCUT2D eigenvalue weighted by Gasteiger charge is 2.51. The van der Waals surface area contributed by atoms with Crippen LogP contribution in [0.1, 0.15) is 30.9 Å². The average molecular weight is 361 g/mol. The number of rotatable bonds is 8. The fourth-order valence-corrected chi connectivity index (χ4v) is 4.30. The van der Waals surface area contributed by atoms with Gasteiger partial charge in [0.1, 0.15) is 5.75 Å². The van der Waals surface area contributed by atoms with Gasteiger partial charge in [0.2, 0.25) is 5.91 Å². The number of aryl methyl sites for hydroxylation is 2. The van der Waals surface area contributed by atoms with Crippen LogP contribution in [0.15, 0.2) is 18.2 Å². The molecule has 26 heavy (non-hydrogen) atoms. The Morgan fingerprint density at radius 3 is 3.00 bits per heavy atom. The van der Waals surface area contributed by atoms with Gasteiger partial charge in [-0.05, 0) is 43.9 Å². The molecular formula is C21H31NO4. The molecule has 1 aromatic rings. The smallest absolute Gasteiger partial charge is 0.222 e. The Morgan fingerprint density at radius 1 is 1.42 bits per heavy atom. The molecule has 1 aromatic carbocycles. The molecule has 2 aliphatic heterocycles. The van der Waals surface area contributed by atoms with Gasteiger partial charge in [0, 0.05) is 38.0 Å². The van der Waals surface area contributed by atoms with Crippen molar-refractivity contribution in [1.82, 2.24) is 4.90 Å². The lowest BCUT2D eigenvalue weighted by Crippen LogP contribution is -2.37. The summed E-state index contributed by atoms with van der Waals surface area (Å²) in [5.41, 5.74) is 2.43. The predicted molar refractivity (Wildman–Crippen MR) is 100 cm³/mol. The van der Waals surface area contributed by atoms with Gasteiger partial charge in [0.15, 0.2) is 0 Å². The van der Waals surface area contributed by atoms with Crippen LogP contribution >= 0.6 is 0 Å². The second kappa shape index (κ2) is 8.40. The molecule has 2 fully saturated rings. The van der Waals surface area contributed by atoms with Crippen molar-refractivity contribution in [2.45, 2.75) is 33.1 Å². The number of hydrogen-bond donors (Lipinski definition) is 0. The topological polar surface area (TPSA) is 48.0 Å². The van der Waals surface area contributed by atoms with Crippen molar-refractivity contribution in [3.05, 3.63) is 29.3 Å². The van der Waals surface area contributed by atoms with Crippen LogP contribution in [-0.2, 0) is 20.7 Å². The summed E-state index contributed by atoms with van der Waals surface area (Å²) in [5.74, 6) is 1.62. The Morgan fingerprint density at radius 2 is 2.27 bits per heavy atom. The summed E-state index contributed by atoms with van der Waals surface area (Å²) in [7, 11) is 1.73. The van der Waals surface area contributed by atoms with Crippen LogP contribution in [0.2, 0.25) is 0 Å². The minimum absolute atomic E-state index is 0.0105. The lowest BCUT2D eigenvalue weighted by Gasteiger charge is -2.26. The third kappa shape index (κ3) is 4.04. The summed E-state index contributed by atoms with van der Waals surface area (Å²) in [6, 6.07) is 6.31. The predicted octanol–water partition coefficient (Wildman–Crippen LogP) is 2.84. The molecule has 0 aromatic heterocycles.